The van der Waals surface area contributed by atoms with Crippen molar-refractivity contribution < 1.29 is 21.6 Å². The summed E-state index contributed by atoms with van der Waals surface area (Å²) >= 11 is 1.40. The van der Waals surface area contributed by atoms with Crippen LogP contribution < -0.4 is 0 Å². The Morgan fingerprint density at radius 1 is 1.06 bits per heavy atom. The van der Waals surface area contributed by atoms with Crippen LogP contribution in [0.15, 0.2) is 52.5 Å². The second-order valence-electron chi connectivity index (χ2n) is 9.95. The van der Waals surface area contributed by atoms with Crippen LogP contribution in [0.2, 0.25) is 0 Å². The van der Waals surface area contributed by atoms with Gasteiger partial charge in [0.1, 0.15) is 0 Å². The zero-order valence-electron chi connectivity index (χ0n) is 20.2. The van der Waals surface area contributed by atoms with Gasteiger partial charge in [-0.2, -0.15) is 17.5 Å². The average Bonchev–Trinajstić information content (AvgIpc) is 3.49. The minimum atomic E-state index is -4.38. The molecule has 5 rings (SSSR count). The smallest absolute Gasteiger partial charge is 0.316 e. The molecule has 5 nitrogen and oxygen atoms in total. The quantitative estimate of drug-likeness (QED) is 0.322. The van der Waals surface area contributed by atoms with Gasteiger partial charge in [-0.15, -0.1) is 0 Å². The van der Waals surface area contributed by atoms with Crippen molar-refractivity contribution in [2.24, 2.45) is 5.92 Å². The topological polar surface area (TPSA) is 55.2 Å². The van der Waals surface area contributed by atoms with Gasteiger partial charge in [0.15, 0.2) is 5.16 Å². The summed E-state index contributed by atoms with van der Waals surface area (Å²) in [6, 6.07) is 10.8. The largest absolute Gasteiger partial charge is 0.416 e. The Bertz CT molecular complexity index is 1350. The molecular formula is C26H30F3N3O2S2. The van der Waals surface area contributed by atoms with Crippen molar-refractivity contribution in [3.05, 3.63) is 53.6 Å². The van der Waals surface area contributed by atoms with Gasteiger partial charge in [-0.05, 0) is 61.4 Å². The second-order valence-corrected chi connectivity index (χ2v) is 12.8. The number of hydrogen-bond acceptors (Lipinski definition) is 4. The first-order valence-corrected chi connectivity index (χ1v) is 14.9. The number of piperidine rings is 1. The number of thioether (sulfide) groups is 1. The molecule has 0 N–H and O–H groups in total. The predicted octanol–water partition coefficient (Wildman–Crippen LogP) is 6.88. The SMILES string of the molecule is CC1CCCN(S(=O)(=O)c2ccc3c(c2)nc(SCc2cccc(C(F)(F)F)c2)n3C2CCCC2)C1. The summed E-state index contributed by atoms with van der Waals surface area (Å²) in [6.45, 7) is 3.12. The summed E-state index contributed by atoms with van der Waals surface area (Å²) in [5.41, 5.74) is 1.40. The molecule has 0 radical (unpaired) electrons. The number of sulfonamides is 1. The maximum absolute atomic E-state index is 13.3. The van der Waals surface area contributed by atoms with Crippen LogP contribution in [0.4, 0.5) is 13.2 Å². The molecule has 0 amide bonds. The molecule has 1 aliphatic carbocycles. The lowest BCUT2D eigenvalue weighted by Crippen LogP contribution is -2.39. The van der Waals surface area contributed by atoms with E-state index in [9.17, 15) is 21.6 Å². The highest BCUT2D eigenvalue weighted by Gasteiger charge is 2.31. The summed E-state index contributed by atoms with van der Waals surface area (Å²) in [4.78, 5) is 5.04. The van der Waals surface area contributed by atoms with Crippen LogP contribution in [0.3, 0.4) is 0 Å². The highest BCUT2D eigenvalue weighted by Crippen LogP contribution is 2.39. The fourth-order valence-corrected chi connectivity index (χ4v) is 7.98. The Kier molecular flexibility index (Phi) is 7.13. The molecule has 2 aliphatic rings. The maximum Gasteiger partial charge on any atom is 0.416 e. The van der Waals surface area contributed by atoms with Crippen molar-refractivity contribution in [3.63, 3.8) is 0 Å². The number of aromatic nitrogens is 2. The van der Waals surface area contributed by atoms with Crippen LogP contribution in [0.1, 0.15) is 62.6 Å². The van der Waals surface area contributed by atoms with Gasteiger partial charge in [-0.25, -0.2) is 13.4 Å². The fourth-order valence-electron chi connectivity index (χ4n) is 5.33. The summed E-state index contributed by atoms with van der Waals surface area (Å²) < 4.78 is 69.9. The number of benzene rings is 2. The number of imidazole rings is 1. The highest BCUT2D eigenvalue weighted by molar-refractivity contribution is 7.98. The lowest BCUT2D eigenvalue weighted by molar-refractivity contribution is -0.137. The van der Waals surface area contributed by atoms with Crippen LogP contribution in [-0.2, 0) is 22.0 Å². The summed E-state index contributed by atoms with van der Waals surface area (Å²) in [5, 5.41) is 0.718. The molecule has 1 saturated carbocycles. The summed E-state index contributed by atoms with van der Waals surface area (Å²) in [5.74, 6) is 0.675. The molecule has 1 unspecified atom stereocenters. The number of halogens is 3. The third-order valence-corrected chi connectivity index (χ3v) is 10.1. The molecule has 1 atom stereocenters. The van der Waals surface area contributed by atoms with Crippen molar-refractivity contribution in [3.8, 4) is 0 Å². The van der Waals surface area contributed by atoms with E-state index in [0.29, 0.717) is 35.8 Å². The van der Waals surface area contributed by atoms with Crippen molar-refractivity contribution in [1.82, 2.24) is 13.9 Å². The number of nitrogens with zero attached hydrogens (tertiary/aromatic N) is 3. The van der Waals surface area contributed by atoms with Crippen molar-refractivity contribution >= 4 is 32.8 Å². The third kappa shape index (κ3) is 5.17. The molecule has 1 saturated heterocycles. The van der Waals surface area contributed by atoms with Crippen molar-refractivity contribution in [2.45, 2.75) is 73.5 Å². The molecule has 0 spiro atoms. The monoisotopic (exact) mass is 537 g/mol. The molecule has 2 heterocycles. The van der Waals surface area contributed by atoms with Crippen molar-refractivity contribution in [2.75, 3.05) is 13.1 Å². The van der Waals surface area contributed by atoms with E-state index in [2.05, 4.69) is 11.5 Å². The molecule has 1 aliphatic heterocycles. The van der Waals surface area contributed by atoms with Gasteiger partial charge < -0.3 is 4.57 Å². The number of hydrogen-bond donors (Lipinski definition) is 0. The van der Waals surface area contributed by atoms with E-state index in [4.69, 9.17) is 4.98 Å². The lowest BCUT2D eigenvalue weighted by Gasteiger charge is -2.30. The van der Waals surface area contributed by atoms with Gasteiger partial charge >= 0.3 is 6.18 Å². The number of alkyl halides is 3. The highest BCUT2D eigenvalue weighted by atomic mass is 32.2. The van der Waals surface area contributed by atoms with Gasteiger partial charge in [0.2, 0.25) is 10.0 Å². The molecule has 2 aromatic carbocycles. The third-order valence-electron chi connectivity index (χ3n) is 7.20. The standard InChI is InChI=1S/C26H30F3N3O2S2/c1-18-6-5-13-31(16-18)36(33,34)22-11-12-24-23(15-22)30-25(32(24)21-9-2-3-10-21)35-17-19-7-4-8-20(14-19)26(27,28)29/h4,7-8,11-12,14-15,18,21H,2-3,5-6,9-10,13,16-17H2,1H3. The van der Waals surface area contributed by atoms with Gasteiger partial charge in [0.25, 0.3) is 0 Å². The Labute approximate surface area is 214 Å². The van der Waals surface area contributed by atoms with Crippen LogP contribution >= 0.6 is 11.8 Å². The summed E-state index contributed by atoms with van der Waals surface area (Å²) in [7, 11) is -3.61. The maximum atomic E-state index is 13.3. The first kappa shape index (κ1) is 25.6. The lowest BCUT2D eigenvalue weighted by atomic mass is 10.0. The minimum absolute atomic E-state index is 0.245. The number of fused-ring (bicyclic) bond motifs is 1. The van der Waals surface area contributed by atoms with Gasteiger partial charge in [0.05, 0.1) is 21.5 Å². The normalized spacial score (nSPS) is 20.4. The fraction of sp³-hybridized carbons (Fsp3) is 0.500. The Morgan fingerprint density at radius 2 is 1.83 bits per heavy atom. The molecule has 10 heteroatoms. The van der Waals surface area contributed by atoms with Gasteiger partial charge in [0, 0.05) is 24.9 Å². The molecule has 194 valence electrons. The second kappa shape index (κ2) is 10.0. The molecule has 2 fully saturated rings. The molecular weight excluding hydrogens is 507 g/mol. The summed E-state index contributed by atoms with van der Waals surface area (Å²) in [6.07, 6.45) is 1.75. The molecule has 1 aromatic heterocycles. The van der Waals surface area contributed by atoms with Crippen molar-refractivity contribution in [1.29, 1.82) is 0 Å². The Balaban J connectivity index is 1.47. The molecule has 3 aromatic rings. The Morgan fingerprint density at radius 3 is 2.56 bits per heavy atom. The van der Waals surface area contributed by atoms with Crippen LogP contribution in [0.5, 0.6) is 0 Å². The van der Waals surface area contributed by atoms with E-state index in [1.807, 2.05) is 6.07 Å². The van der Waals surface area contributed by atoms with Crippen LogP contribution in [-0.4, -0.2) is 35.4 Å². The van der Waals surface area contributed by atoms with Crippen LogP contribution in [0.25, 0.3) is 11.0 Å². The van der Waals surface area contributed by atoms with E-state index in [1.54, 1.807) is 22.5 Å². The number of rotatable bonds is 6. The zero-order chi connectivity index (χ0) is 25.5. The van der Waals surface area contributed by atoms with E-state index in [-0.39, 0.29) is 10.9 Å². The zero-order valence-corrected chi connectivity index (χ0v) is 21.8. The molecule has 36 heavy (non-hydrogen) atoms. The minimum Gasteiger partial charge on any atom is -0.316 e. The first-order chi connectivity index (χ1) is 17.1. The van der Waals surface area contributed by atoms with Gasteiger partial charge in [-0.1, -0.05) is 49.7 Å². The van der Waals surface area contributed by atoms with E-state index >= 15 is 0 Å². The van der Waals surface area contributed by atoms with Crippen LogP contribution in [0, 0.1) is 5.92 Å². The first-order valence-electron chi connectivity index (χ1n) is 12.4. The van der Waals surface area contributed by atoms with E-state index in [1.165, 1.54) is 23.9 Å². The van der Waals surface area contributed by atoms with Gasteiger partial charge in [-0.3, -0.25) is 0 Å². The van der Waals surface area contributed by atoms with E-state index in [0.717, 1.165) is 55.3 Å². The van der Waals surface area contributed by atoms with E-state index < -0.39 is 21.8 Å². The Hall–Kier alpha value is -2.04. The average molecular weight is 538 g/mol. The molecule has 0 bridgehead atoms. The predicted molar refractivity (Wildman–Crippen MR) is 135 cm³/mol.